The molecule has 15 heteroatoms. The Morgan fingerprint density at radius 1 is 0.857 bits per heavy atom. The molecule has 2 aliphatic heterocycles. The lowest BCUT2D eigenvalue weighted by Gasteiger charge is -2.36. The van der Waals surface area contributed by atoms with Gasteiger partial charge in [0.1, 0.15) is 0 Å². The summed E-state index contributed by atoms with van der Waals surface area (Å²) in [4.78, 5) is 16.3. The Labute approximate surface area is 201 Å². The Bertz CT molecular complexity index is 849. The van der Waals surface area contributed by atoms with Gasteiger partial charge >= 0.3 is 24.6 Å². The molecule has 1 aromatic carbocycles. The number of hydrogen-bond acceptors (Lipinski definition) is 4. The van der Waals surface area contributed by atoms with Gasteiger partial charge in [0.25, 0.3) is 6.10 Å². The van der Waals surface area contributed by atoms with Crippen molar-refractivity contribution in [3.63, 3.8) is 0 Å². The molecule has 200 valence electrons. The molecule has 0 spiro atoms. The predicted octanol–water partition coefficient (Wildman–Crippen LogP) is 5.47. The molecule has 2 aliphatic rings. The predicted molar refractivity (Wildman–Crippen MR) is 109 cm³/mol. The van der Waals surface area contributed by atoms with Crippen LogP contribution in [0.3, 0.4) is 0 Å². The summed E-state index contributed by atoms with van der Waals surface area (Å²) in [7, 11) is 0. The molecular formula is C20H23ClF9N3O2. The van der Waals surface area contributed by atoms with Crippen LogP contribution in [0.5, 0.6) is 0 Å². The van der Waals surface area contributed by atoms with Crippen molar-refractivity contribution < 1.29 is 49.0 Å². The van der Waals surface area contributed by atoms with Crippen molar-refractivity contribution in [2.75, 3.05) is 44.2 Å². The van der Waals surface area contributed by atoms with E-state index in [1.807, 2.05) is 4.90 Å². The van der Waals surface area contributed by atoms with Gasteiger partial charge in [0.15, 0.2) is 0 Å². The second-order valence-electron chi connectivity index (χ2n) is 8.15. The van der Waals surface area contributed by atoms with Gasteiger partial charge in [-0.05, 0) is 30.5 Å². The molecule has 0 aliphatic carbocycles. The second kappa shape index (κ2) is 10.9. The number of hydrogen-bond donors (Lipinski definition) is 0. The third-order valence-electron chi connectivity index (χ3n) is 5.70. The number of rotatable bonds is 4. The minimum atomic E-state index is -5.80. The highest BCUT2D eigenvalue weighted by Crippen LogP contribution is 2.37. The molecule has 0 radical (unpaired) electrons. The van der Waals surface area contributed by atoms with Crippen molar-refractivity contribution in [2.24, 2.45) is 0 Å². The standard InChI is InChI=1S/C20H22F9N3O2.ClH/c21-18(22,23)14-4-3-13(15(11-14)31-5-1-2-6-31)12-30-7-9-32(10-8-30)17(33)34-16(19(24,25)26)20(27,28)29;/h3-4,11,16H,1-2,5-10,12H2;1H. The fraction of sp³-hybridized carbons (Fsp3) is 0.650. The first kappa shape index (κ1) is 29.1. The van der Waals surface area contributed by atoms with Crippen LogP contribution in [-0.4, -0.2) is 73.6 Å². The van der Waals surface area contributed by atoms with Crippen LogP contribution in [0.15, 0.2) is 18.2 Å². The number of ether oxygens (including phenoxy) is 1. The van der Waals surface area contributed by atoms with E-state index in [-0.39, 0.29) is 45.1 Å². The zero-order valence-corrected chi connectivity index (χ0v) is 19.0. The maximum atomic E-state index is 13.2. The number of carbonyl (C=O) groups excluding carboxylic acids is 1. The molecule has 3 rings (SSSR count). The quantitative estimate of drug-likeness (QED) is 0.472. The Morgan fingerprint density at radius 3 is 1.89 bits per heavy atom. The summed E-state index contributed by atoms with van der Waals surface area (Å²) in [6.07, 6.45) is -20.4. The second-order valence-corrected chi connectivity index (χ2v) is 8.15. The summed E-state index contributed by atoms with van der Waals surface area (Å²) < 4.78 is 119. The average Bonchev–Trinajstić information content (AvgIpc) is 3.25. The molecule has 2 saturated heterocycles. The molecule has 2 fully saturated rings. The number of piperazine rings is 1. The van der Waals surface area contributed by atoms with Gasteiger partial charge in [-0.15, -0.1) is 12.4 Å². The van der Waals surface area contributed by atoms with Crippen LogP contribution in [-0.2, 0) is 17.5 Å². The van der Waals surface area contributed by atoms with Crippen LogP contribution >= 0.6 is 12.4 Å². The summed E-state index contributed by atoms with van der Waals surface area (Å²) >= 11 is 0. The van der Waals surface area contributed by atoms with Crippen LogP contribution < -0.4 is 4.90 Å². The molecule has 0 aromatic heterocycles. The molecular weight excluding hydrogens is 521 g/mol. The topological polar surface area (TPSA) is 36.0 Å². The lowest BCUT2D eigenvalue weighted by Crippen LogP contribution is -2.52. The Balaban J connectivity index is 0.00000432. The van der Waals surface area contributed by atoms with Gasteiger partial charge in [-0.2, -0.15) is 39.5 Å². The number of anilines is 1. The van der Waals surface area contributed by atoms with E-state index >= 15 is 0 Å². The van der Waals surface area contributed by atoms with Gasteiger partial charge in [0.2, 0.25) is 0 Å². The van der Waals surface area contributed by atoms with E-state index in [9.17, 15) is 44.3 Å². The van der Waals surface area contributed by atoms with E-state index < -0.39 is 36.3 Å². The SMILES string of the molecule is Cl.O=C(OC(C(F)(F)F)C(F)(F)F)N1CCN(Cc2ccc(C(F)(F)F)cc2N2CCCC2)CC1. The van der Waals surface area contributed by atoms with Gasteiger partial charge in [-0.25, -0.2) is 4.79 Å². The van der Waals surface area contributed by atoms with Crippen molar-refractivity contribution in [3.8, 4) is 0 Å². The van der Waals surface area contributed by atoms with Crippen LogP contribution in [0.2, 0.25) is 0 Å². The molecule has 35 heavy (non-hydrogen) atoms. The molecule has 0 bridgehead atoms. The third-order valence-corrected chi connectivity index (χ3v) is 5.70. The van der Waals surface area contributed by atoms with E-state index in [1.165, 1.54) is 6.07 Å². The Kier molecular flexibility index (Phi) is 9.07. The summed E-state index contributed by atoms with van der Waals surface area (Å²) in [6, 6.07) is 3.42. The average molecular weight is 544 g/mol. The lowest BCUT2D eigenvalue weighted by atomic mass is 10.1. The van der Waals surface area contributed by atoms with Crippen LogP contribution in [0.4, 0.5) is 50.0 Å². The molecule has 5 nitrogen and oxygen atoms in total. The molecule has 0 saturated carbocycles. The zero-order chi connectivity index (χ0) is 25.3. The molecule has 0 unspecified atom stereocenters. The molecule has 1 amide bonds. The van der Waals surface area contributed by atoms with E-state index in [4.69, 9.17) is 0 Å². The first-order chi connectivity index (χ1) is 15.7. The summed E-state index contributed by atoms with van der Waals surface area (Å²) in [5.41, 5.74) is 0.266. The van der Waals surface area contributed by atoms with E-state index in [2.05, 4.69) is 4.74 Å². The molecule has 0 atom stereocenters. The maximum Gasteiger partial charge on any atom is 0.434 e. The number of carbonyl (C=O) groups is 1. The fourth-order valence-electron chi connectivity index (χ4n) is 3.95. The first-order valence-electron chi connectivity index (χ1n) is 10.4. The van der Waals surface area contributed by atoms with Crippen LogP contribution in [0.25, 0.3) is 0 Å². The number of benzene rings is 1. The molecule has 0 N–H and O–H groups in total. The number of amides is 1. The number of alkyl halides is 9. The highest BCUT2D eigenvalue weighted by atomic mass is 35.5. The van der Waals surface area contributed by atoms with Gasteiger partial charge in [-0.1, -0.05) is 6.07 Å². The monoisotopic (exact) mass is 543 g/mol. The van der Waals surface area contributed by atoms with Crippen molar-refractivity contribution in [1.82, 2.24) is 9.80 Å². The maximum absolute atomic E-state index is 13.2. The Hall–Kier alpha value is -2.09. The van der Waals surface area contributed by atoms with Crippen LogP contribution in [0, 0.1) is 0 Å². The lowest BCUT2D eigenvalue weighted by molar-refractivity contribution is -0.308. The molecule has 1 aromatic rings. The summed E-state index contributed by atoms with van der Waals surface area (Å²) in [5, 5.41) is 0. The minimum absolute atomic E-state index is 0. The minimum Gasteiger partial charge on any atom is -0.426 e. The largest absolute Gasteiger partial charge is 0.434 e. The van der Waals surface area contributed by atoms with Crippen molar-refractivity contribution in [3.05, 3.63) is 29.3 Å². The Morgan fingerprint density at radius 2 is 1.40 bits per heavy atom. The van der Waals surface area contributed by atoms with E-state index in [0.29, 0.717) is 24.3 Å². The summed E-state index contributed by atoms with van der Waals surface area (Å²) in [5.74, 6) is 0. The zero-order valence-electron chi connectivity index (χ0n) is 18.1. The third kappa shape index (κ3) is 7.45. The van der Waals surface area contributed by atoms with Crippen LogP contribution in [0.1, 0.15) is 24.0 Å². The van der Waals surface area contributed by atoms with E-state index in [0.717, 1.165) is 29.9 Å². The van der Waals surface area contributed by atoms with Crippen molar-refractivity contribution in [1.29, 1.82) is 0 Å². The van der Waals surface area contributed by atoms with Crippen molar-refractivity contribution >= 4 is 24.2 Å². The van der Waals surface area contributed by atoms with Gasteiger partial charge in [0, 0.05) is 51.5 Å². The van der Waals surface area contributed by atoms with Crippen molar-refractivity contribution in [2.45, 2.75) is 44.0 Å². The highest BCUT2D eigenvalue weighted by molar-refractivity contribution is 5.85. The smallest absolute Gasteiger partial charge is 0.426 e. The number of halogens is 10. The highest BCUT2D eigenvalue weighted by Gasteiger charge is 2.60. The van der Waals surface area contributed by atoms with Gasteiger partial charge < -0.3 is 14.5 Å². The molecule has 2 heterocycles. The number of nitrogens with zero attached hydrogens (tertiary/aromatic N) is 3. The fourth-order valence-corrected chi connectivity index (χ4v) is 3.95. The first-order valence-corrected chi connectivity index (χ1v) is 10.4. The van der Waals surface area contributed by atoms with Gasteiger partial charge in [0.05, 0.1) is 5.56 Å². The normalized spacial score (nSPS) is 18.1. The van der Waals surface area contributed by atoms with Gasteiger partial charge in [-0.3, -0.25) is 4.90 Å². The van der Waals surface area contributed by atoms with E-state index in [1.54, 1.807) is 4.90 Å². The summed E-state index contributed by atoms with van der Waals surface area (Å²) in [6.45, 7) is 1.22.